The zero-order valence-electron chi connectivity index (χ0n) is 17.9. The molecule has 0 radical (unpaired) electrons. The average molecular weight is 472 g/mol. The average Bonchev–Trinajstić information content (AvgIpc) is 2.78. The van der Waals surface area contributed by atoms with Crippen molar-refractivity contribution in [2.45, 2.75) is 29.8 Å². The van der Waals surface area contributed by atoms with E-state index in [0.29, 0.717) is 44.2 Å². The van der Waals surface area contributed by atoms with Gasteiger partial charge in [0.15, 0.2) is 9.77 Å². The Hall–Kier alpha value is -2.82. The van der Waals surface area contributed by atoms with Crippen LogP contribution >= 0.6 is 0 Å². The molecule has 1 aliphatic heterocycles. The van der Waals surface area contributed by atoms with Crippen LogP contribution < -0.4 is 9.64 Å². The molecule has 32 heavy (non-hydrogen) atoms. The van der Waals surface area contributed by atoms with Gasteiger partial charge in [-0.1, -0.05) is 6.07 Å². The summed E-state index contributed by atoms with van der Waals surface area (Å²) in [5, 5.41) is -0.570. The first-order valence-electron chi connectivity index (χ1n) is 9.84. The highest BCUT2D eigenvalue weighted by atomic mass is 32.2. The molecule has 0 bridgehead atoms. The van der Waals surface area contributed by atoms with Crippen LogP contribution in [0.3, 0.4) is 0 Å². The Bertz CT molecular complexity index is 1080. The Labute approximate surface area is 184 Å². The molecule has 1 fully saturated rings. The lowest BCUT2D eigenvalue weighted by Crippen LogP contribution is -2.56. The largest absolute Gasteiger partial charge is 0.497 e. The highest BCUT2D eigenvalue weighted by molar-refractivity contribution is 7.93. The first-order chi connectivity index (χ1) is 14.9. The van der Waals surface area contributed by atoms with Gasteiger partial charge in [-0.05, 0) is 38.1 Å². The summed E-state index contributed by atoms with van der Waals surface area (Å²) in [4.78, 5) is 20.1. The number of nitrogens with zero attached hydrogens (tertiary/aromatic N) is 3. The van der Waals surface area contributed by atoms with Crippen molar-refractivity contribution >= 4 is 21.4 Å². The van der Waals surface area contributed by atoms with Crippen LogP contribution in [0.1, 0.15) is 19.4 Å². The van der Waals surface area contributed by atoms with E-state index in [4.69, 9.17) is 4.74 Å². The summed E-state index contributed by atoms with van der Waals surface area (Å²) in [5.41, 5.74) is -0.133. The number of anilines is 1. The summed E-state index contributed by atoms with van der Waals surface area (Å²) in [6, 6.07) is 8.92. The van der Waals surface area contributed by atoms with Crippen LogP contribution in [0.25, 0.3) is 0 Å². The number of carbonyl (C=O) groups excluding carboxylic acids is 1. The second-order valence-electron chi connectivity index (χ2n) is 7.88. The van der Waals surface area contributed by atoms with Crippen LogP contribution in [0.4, 0.5) is 18.9 Å². The fourth-order valence-corrected chi connectivity index (χ4v) is 4.76. The predicted octanol–water partition coefficient (Wildman–Crippen LogP) is 3.01. The molecular formula is C21H24F3N3O4S. The fourth-order valence-electron chi connectivity index (χ4n) is 3.44. The molecule has 2 aromatic rings. The Morgan fingerprint density at radius 3 is 2.25 bits per heavy atom. The first kappa shape index (κ1) is 23.8. The smallest absolute Gasteiger partial charge is 0.417 e. The molecule has 1 aliphatic rings. The number of benzene rings is 1. The van der Waals surface area contributed by atoms with E-state index in [-0.39, 0.29) is 0 Å². The van der Waals surface area contributed by atoms with Crippen molar-refractivity contribution in [2.75, 3.05) is 38.2 Å². The minimum atomic E-state index is -4.64. The van der Waals surface area contributed by atoms with E-state index in [2.05, 4.69) is 9.88 Å². The number of alkyl halides is 3. The van der Waals surface area contributed by atoms with Crippen molar-refractivity contribution in [1.29, 1.82) is 0 Å². The molecule has 1 aromatic heterocycles. The molecule has 11 heteroatoms. The number of piperazine rings is 1. The molecule has 1 amide bonds. The lowest BCUT2D eigenvalue weighted by Gasteiger charge is -2.39. The predicted molar refractivity (Wildman–Crippen MR) is 112 cm³/mol. The minimum Gasteiger partial charge on any atom is -0.497 e. The van der Waals surface area contributed by atoms with Gasteiger partial charge in [-0.15, -0.1) is 0 Å². The number of sulfone groups is 1. The van der Waals surface area contributed by atoms with Crippen molar-refractivity contribution < 1.29 is 31.1 Å². The number of ether oxygens (including phenoxy) is 1. The molecule has 0 atom stereocenters. The summed E-state index contributed by atoms with van der Waals surface area (Å²) in [5.74, 6) is 0.0850. The highest BCUT2D eigenvalue weighted by Crippen LogP contribution is 2.31. The zero-order chi connectivity index (χ0) is 23.7. The fraction of sp³-hybridized carbons (Fsp3) is 0.429. The normalized spacial score (nSPS) is 15.6. The number of methoxy groups -OCH3 is 1. The maximum absolute atomic E-state index is 13.1. The van der Waals surface area contributed by atoms with Crippen molar-refractivity contribution in [3.05, 3.63) is 48.2 Å². The van der Waals surface area contributed by atoms with Crippen LogP contribution in [-0.4, -0.2) is 62.2 Å². The monoisotopic (exact) mass is 471 g/mol. The van der Waals surface area contributed by atoms with Gasteiger partial charge in [-0.25, -0.2) is 13.4 Å². The molecule has 2 heterocycles. The summed E-state index contributed by atoms with van der Waals surface area (Å²) < 4.78 is 67.7. The molecule has 1 aromatic carbocycles. The van der Waals surface area contributed by atoms with E-state index in [0.717, 1.165) is 11.8 Å². The molecule has 174 valence electrons. The van der Waals surface area contributed by atoms with E-state index >= 15 is 0 Å². The van der Waals surface area contributed by atoms with Crippen LogP contribution in [0, 0.1) is 0 Å². The van der Waals surface area contributed by atoms with Crippen molar-refractivity contribution in [2.24, 2.45) is 0 Å². The van der Waals surface area contributed by atoms with E-state index in [1.54, 1.807) is 7.11 Å². The first-order valence-corrected chi connectivity index (χ1v) is 11.3. The number of pyridine rings is 1. The van der Waals surface area contributed by atoms with Gasteiger partial charge in [-0.2, -0.15) is 13.2 Å². The van der Waals surface area contributed by atoms with Gasteiger partial charge in [0.05, 0.1) is 12.7 Å². The number of carbonyl (C=O) groups is 1. The van der Waals surface area contributed by atoms with Crippen LogP contribution in [0.2, 0.25) is 0 Å². The Morgan fingerprint density at radius 2 is 1.72 bits per heavy atom. The van der Waals surface area contributed by atoms with Crippen molar-refractivity contribution in [1.82, 2.24) is 9.88 Å². The zero-order valence-corrected chi connectivity index (χ0v) is 18.7. The summed E-state index contributed by atoms with van der Waals surface area (Å²) >= 11 is 0. The highest BCUT2D eigenvalue weighted by Gasteiger charge is 2.46. The number of halogens is 3. The summed E-state index contributed by atoms with van der Waals surface area (Å²) in [6.07, 6.45) is -4.18. The van der Waals surface area contributed by atoms with Crippen molar-refractivity contribution in [3.8, 4) is 5.75 Å². The van der Waals surface area contributed by atoms with Crippen LogP contribution in [-0.2, 0) is 20.8 Å². The van der Waals surface area contributed by atoms with Crippen LogP contribution in [0.5, 0.6) is 5.75 Å². The molecule has 0 unspecified atom stereocenters. The molecular weight excluding hydrogens is 447 g/mol. The maximum Gasteiger partial charge on any atom is 0.417 e. The molecule has 1 saturated heterocycles. The quantitative estimate of drug-likeness (QED) is 0.667. The third kappa shape index (κ3) is 4.52. The SMILES string of the molecule is COc1cccc(N2CCN(C(=O)C(C)(C)S(=O)(=O)c3ccc(C(F)(F)F)cn3)CC2)c1. The molecule has 7 nitrogen and oxygen atoms in total. The summed E-state index contributed by atoms with van der Waals surface area (Å²) in [7, 11) is -2.75. The molecule has 0 saturated carbocycles. The molecule has 3 rings (SSSR count). The summed E-state index contributed by atoms with van der Waals surface area (Å²) in [6.45, 7) is 4.09. The van der Waals surface area contributed by atoms with E-state index in [1.807, 2.05) is 24.3 Å². The van der Waals surface area contributed by atoms with Gasteiger partial charge < -0.3 is 14.5 Å². The second kappa shape index (κ2) is 8.61. The lowest BCUT2D eigenvalue weighted by atomic mass is 10.1. The van der Waals surface area contributed by atoms with Crippen LogP contribution in [0.15, 0.2) is 47.6 Å². The van der Waals surface area contributed by atoms with Crippen molar-refractivity contribution in [3.63, 3.8) is 0 Å². The Kier molecular flexibility index (Phi) is 6.41. The number of hydrogen-bond donors (Lipinski definition) is 0. The van der Waals surface area contributed by atoms with E-state index < -0.39 is 37.3 Å². The molecule has 0 N–H and O–H groups in total. The van der Waals surface area contributed by atoms with Gasteiger partial charge in [-0.3, -0.25) is 4.79 Å². The minimum absolute atomic E-state index is 0.301. The van der Waals surface area contributed by atoms with Gasteiger partial charge in [0, 0.05) is 44.1 Å². The Morgan fingerprint density at radius 1 is 1.06 bits per heavy atom. The topological polar surface area (TPSA) is 79.8 Å². The third-order valence-corrected chi connectivity index (χ3v) is 7.82. The van der Waals surface area contributed by atoms with Gasteiger partial charge in [0.1, 0.15) is 5.75 Å². The van der Waals surface area contributed by atoms with E-state index in [1.165, 1.54) is 18.7 Å². The number of hydrogen-bond acceptors (Lipinski definition) is 6. The number of aromatic nitrogens is 1. The maximum atomic E-state index is 13.1. The number of amides is 1. The standard InChI is InChI=1S/C21H24F3N3O4S/c1-20(2,32(29,30)18-8-7-15(14-25-18)21(22,23)24)19(28)27-11-9-26(10-12-27)16-5-4-6-17(13-16)31-3/h4-8,13-14H,9-12H2,1-3H3. The second-order valence-corrected chi connectivity index (χ2v) is 10.3. The third-order valence-electron chi connectivity index (χ3n) is 5.51. The Balaban J connectivity index is 1.73. The lowest BCUT2D eigenvalue weighted by molar-refractivity contribution is -0.138. The van der Waals surface area contributed by atoms with Gasteiger partial charge in [0.2, 0.25) is 15.7 Å². The van der Waals surface area contributed by atoms with Gasteiger partial charge in [0.25, 0.3) is 0 Å². The van der Waals surface area contributed by atoms with Gasteiger partial charge >= 0.3 is 6.18 Å². The molecule has 0 aliphatic carbocycles. The molecule has 0 spiro atoms. The van der Waals surface area contributed by atoms with E-state index in [9.17, 15) is 26.4 Å². The number of rotatable bonds is 5.